The van der Waals surface area contributed by atoms with E-state index < -0.39 is 11.6 Å². The molecule has 0 unspecified atom stereocenters. The van der Waals surface area contributed by atoms with Crippen molar-refractivity contribution in [1.29, 1.82) is 0 Å². The van der Waals surface area contributed by atoms with Gasteiger partial charge in [0, 0.05) is 19.5 Å². The van der Waals surface area contributed by atoms with Crippen LogP contribution in [0.2, 0.25) is 0 Å². The molecule has 2 N–H and O–H groups in total. The van der Waals surface area contributed by atoms with E-state index in [-0.39, 0.29) is 18.2 Å². The molecule has 0 aromatic heterocycles. The van der Waals surface area contributed by atoms with Crippen LogP contribution in [0.5, 0.6) is 11.5 Å². The van der Waals surface area contributed by atoms with Crippen LogP contribution in [0.3, 0.4) is 0 Å². The number of hydrogen-bond donors (Lipinski definition) is 2. The monoisotopic (exact) mass is 432 g/mol. The predicted octanol–water partition coefficient (Wildman–Crippen LogP) is 2.20. The van der Waals surface area contributed by atoms with Gasteiger partial charge in [0.1, 0.15) is 5.54 Å². The molecule has 1 heterocycles. The number of methoxy groups -OCH3 is 2. The molecule has 9 nitrogen and oxygen atoms in total. The third-order valence-corrected chi connectivity index (χ3v) is 6.06. The number of carbonyl (C=O) groups excluding carboxylic acids is 3. The summed E-state index contributed by atoms with van der Waals surface area (Å²) in [5.74, 6) is 0.618. The first kappa shape index (κ1) is 22.9. The molecule has 0 radical (unpaired) electrons. The molecule has 170 valence electrons. The highest BCUT2D eigenvalue weighted by atomic mass is 16.5. The van der Waals surface area contributed by atoms with Crippen LogP contribution < -0.4 is 20.2 Å². The van der Waals surface area contributed by atoms with Gasteiger partial charge in [-0.15, -0.1) is 0 Å². The second-order valence-electron chi connectivity index (χ2n) is 8.06. The summed E-state index contributed by atoms with van der Waals surface area (Å²) in [7, 11) is 3.19. The number of urea groups is 1. The van der Waals surface area contributed by atoms with Gasteiger partial charge >= 0.3 is 6.03 Å². The fourth-order valence-corrected chi connectivity index (χ4v) is 4.24. The van der Waals surface area contributed by atoms with Gasteiger partial charge in [0.05, 0.1) is 14.2 Å². The molecule has 1 aliphatic carbocycles. The Bertz CT molecular complexity index is 822. The molecule has 1 spiro atoms. The molecule has 4 amide bonds. The Labute approximate surface area is 183 Å². The summed E-state index contributed by atoms with van der Waals surface area (Å²) in [6.07, 6.45) is 4.28. The Morgan fingerprint density at radius 1 is 1.16 bits per heavy atom. The molecule has 1 aliphatic heterocycles. The van der Waals surface area contributed by atoms with Crippen molar-refractivity contribution in [2.45, 2.75) is 57.5 Å². The van der Waals surface area contributed by atoms with Crippen LogP contribution in [0.4, 0.5) is 4.79 Å². The van der Waals surface area contributed by atoms with Crippen molar-refractivity contribution >= 4 is 17.8 Å². The number of carbonyl (C=O) groups is 3. The first-order valence-electron chi connectivity index (χ1n) is 10.8. The van der Waals surface area contributed by atoms with Crippen molar-refractivity contribution in [3.8, 4) is 11.5 Å². The largest absolute Gasteiger partial charge is 0.493 e. The van der Waals surface area contributed by atoms with Crippen molar-refractivity contribution in [2.75, 3.05) is 27.3 Å². The average Bonchev–Trinajstić information content (AvgIpc) is 3.00. The summed E-state index contributed by atoms with van der Waals surface area (Å²) in [5.41, 5.74) is 2.69. The van der Waals surface area contributed by atoms with Crippen molar-refractivity contribution in [3.05, 3.63) is 23.8 Å². The van der Waals surface area contributed by atoms with Crippen LogP contribution in [0.25, 0.3) is 0 Å². The summed E-state index contributed by atoms with van der Waals surface area (Å²) in [4.78, 5) is 39.6. The molecule has 2 fully saturated rings. The maximum atomic E-state index is 12.8. The van der Waals surface area contributed by atoms with E-state index in [0.717, 1.165) is 36.4 Å². The van der Waals surface area contributed by atoms with Crippen LogP contribution in [-0.2, 0) is 16.1 Å². The maximum absolute atomic E-state index is 12.8. The summed E-state index contributed by atoms with van der Waals surface area (Å²) < 4.78 is 10.6. The van der Waals surface area contributed by atoms with Crippen molar-refractivity contribution in [1.82, 2.24) is 20.7 Å². The topological polar surface area (TPSA) is 100 Å². The van der Waals surface area contributed by atoms with Crippen LogP contribution >= 0.6 is 0 Å². The maximum Gasteiger partial charge on any atom is 0.344 e. The molecular formula is C22H32N4O5. The number of nitrogens with zero attached hydrogens (tertiary/aromatic N) is 2. The SMILES string of the molecule is CCN(CCC(=O)NN1C(=O)NC2(CCCCC2)C1=O)Cc1ccc(OC)c(OC)c1. The van der Waals surface area contributed by atoms with E-state index in [4.69, 9.17) is 9.47 Å². The van der Waals surface area contributed by atoms with Crippen LogP contribution in [0, 0.1) is 0 Å². The summed E-state index contributed by atoms with van der Waals surface area (Å²) in [6.45, 7) is 3.89. The van der Waals surface area contributed by atoms with Gasteiger partial charge in [-0.3, -0.25) is 19.9 Å². The number of hydrazine groups is 1. The highest BCUT2D eigenvalue weighted by Crippen LogP contribution is 2.33. The number of ether oxygens (including phenoxy) is 2. The molecule has 9 heteroatoms. The molecule has 1 aromatic rings. The zero-order valence-electron chi connectivity index (χ0n) is 18.5. The quantitative estimate of drug-likeness (QED) is 0.581. The molecule has 1 saturated carbocycles. The number of hydrogen-bond acceptors (Lipinski definition) is 6. The fraction of sp³-hybridized carbons (Fsp3) is 0.591. The third kappa shape index (κ3) is 5.10. The number of amides is 4. The Morgan fingerprint density at radius 3 is 2.52 bits per heavy atom. The molecule has 1 saturated heterocycles. The summed E-state index contributed by atoms with van der Waals surface area (Å²) >= 11 is 0. The van der Waals surface area contributed by atoms with Gasteiger partial charge in [0.15, 0.2) is 11.5 Å². The summed E-state index contributed by atoms with van der Waals surface area (Å²) in [6, 6.07) is 5.19. The molecule has 3 rings (SSSR count). The van der Waals surface area contributed by atoms with E-state index in [1.54, 1.807) is 14.2 Å². The molecule has 31 heavy (non-hydrogen) atoms. The van der Waals surface area contributed by atoms with Crippen LogP contribution in [0.15, 0.2) is 18.2 Å². The van der Waals surface area contributed by atoms with Crippen molar-refractivity contribution in [2.24, 2.45) is 0 Å². The number of rotatable bonds is 9. The van der Waals surface area contributed by atoms with E-state index in [1.807, 2.05) is 25.1 Å². The van der Waals surface area contributed by atoms with E-state index in [9.17, 15) is 14.4 Å². The van der Waals surface area contributed by atoms with Crippen molar-refractivity contribution < 1.29 is 23.9 Å². The fourth-order valence-electron chi connectivity index (χ4n) is 4.24. The smallest absolute Gasteiger partial charge is 0.344 e. The molecule has 0 atom stereocenters. The zero-order valence-corrected chi connectivity index (χ0v) is 18.5. The predicted molar refractivity (Wildman–Crippen MR) is 114 cm³/mol. The second-order valence-corrected chi connectivity index (χ2v) is 8.06. The number of nitrogens with one attached hydrogen (secondary N) is 2. The normalized spacial score (nSPS) is 17.7. The highest BCUT2D eigenvalue weighted by Gasteiger charge is 2.52. The van der Waals surface area contributed by atoms with Crippen molar-refractivity contribution in [3.63, 3.8) is 0 Å². The van der Waals surface area contributed by atoms with Gasteiger partial charge < -0.3 is 14.8 Å². The summed E-state index contributed by atoms with van der Waals surface area (Å²) in [5, 5.41) is 3.65. The van der Waals surface area contributed by atoms with E-state index in [1.165, 1.54) is 0 Å². The lowest BCUT2D eigenvalue weighted by Gasteiger charge is -2.30. The Kier molecular flexibility index (Phi) is 7.37. The van der Waals surface area contributed by atoms with Crippen LogP contribution in [0.1, 0.15) is 51.0 Å². The first-order valence-corrected chi connectivity index (χ1v) is 10.8. The highest BCUT2D eigenvalue weighted by molar-refractivity contribution is 6.08. The third-order valence-electron chi connectivity index (χ3n) is 6.06. The second kappa shape index (κ2) is 10.00. The molecular weight excluding hydrogens is 400 g/mol. The molecule has 2 aliphatic rings. The lowest BCUT2D eigenvalue weighted by atomic mass is 9.82. The lowest BCUT2D eigenvalue weighted by Crippen LogP contribution is -2.51. The Balaban J connectivity index is 1.53. The molecule has 1 aromatic carbocycles. The van der Waals surface area contributed by atoms with Gasteiger partial charge in [-0.25, -0.2) is 4.79 Å². The zero-order chi connectivity index (χ0) is 22.4. The Morgan fingerprint density at radius 2 is 1.87 bits per heavy atom. The van der Waals surface area contributed by atoms with Gasteiger partial charge in [-0.1, -0.05) is 32.3 Å². The van der Waals surface area contributed by atoms with E-state index in [0.29, 0.717) is 37.4 Å². The number of benzene rings is 1. The minimum atomic E-state index is -0.842. The first-order chi connectivity index (χ1) is 14.9. The minimum Gasteiger partial charge on any atom is -0.493 e. The van der Waals surface area contributed by atoms with Crippen LogP contribution in [-0.4, -0.2) is 60.6 Å². The van der Waals surface area contributed by atoms with E-state index in [2.05, 4.69) is 15.6 Å². The van der Waals surface area contributed by atoms with Gasteiger partial charge in [0.25, 0.3) is 5.91 Å². The standard InChI is InChI=1S/C22H32N4O5/c1-4-25(15-16-8-9-17(30-2)18(14-16)31-3)13-10-19(27)24-26-20(28)22(23-21(26)29)11-6-5-7-12-22/h8-9,14H,4-7,10-13,15H2,1-3H3,(H,23,29)(H,24,27). The number of imide groups is 1. The van der Waals surface area contributed by atoms with Gasteiger partial charge in [-0.05, 0) is 37.1 Å². The van der Waals surface area contributed by atoms with Gasteiger partial charge in [-0.2, -0.15) is 5.01 Å². The minimum absolute atomic E-state index is 0.172. The van der Waals surface area contributed by atoms with E-state index >= 15 is 0 Å². The Hall–Kier alpha value is -2.81. The van der Waals surface area contributed by atoms with Gasteiger partial charge in [0.2, 0.25) is 5.91 Å². The lowest BCUT2D eigenvalue weighted by molar-refractivity contribution is -0.140. The average molecular weight is 433 g/mol. The molecule has 0 bridgehead atoms.